The van der Waals surface area contributed by atoms with Crippen LogP contribution in [0, 0.1) is 5.82 Å². The maximum absolute atomic E-state index is 13.9. The van der Waals surface area contributed by atoms with Crippen molar-refractivity contribution in [2.45, 2.75) is 13.1 Å². The third-order valence-corrected chi connectivity index (χ3v) is 4.98. The second kappa shape index (κ2) is 8.97. The topological polar surface area (TPSA) is 56.2 Å². The molecule has 0 aliphatic carbocycles. The van der Waals surface area contributed by atoms with Crippen LogP contribution in [0.1, 0.15) is 16.2 Å². The highest BCUT2D eigenvalue weighted by Crippen LogP contribution is 2.23. The molecule has 0 fully saturated rings. The number of carbonyl (C=O) groups is 1. The number of hydrogen-bond acceptors (Lipinski definition) is 3. The monoisotopic (exact) mass is 423 g/mol. The van der Waals surface area contributed by atoms with Crippen LogP contribution in [0.25, 0.3) is 11.0 Å². The minimum absolute atomic E-state index is 0.00205. The van der Waals surface area contributed by atoms with Gasteiger partial charge in [0, 0.05) is 0 Å². The maximum atomic E-state index is 13.9. The molecule has 1 amide bonds. The number of nitrogens with one attached hydrogen (secondary N) is 1. The van der Waals surface area contributed by atoms with Crippen molar-refractivity contribution in [1.82, 2.24) is 14.9 Å². The van der Waals surface area contributed by atoms with Crippen LogP contribution in [-0.2, 0) is 13.1 Å². The molecule has 152 valence electrons. The molecule has 30 heavy (non-hydrogen) atoms. The molecule has 0 aliphatic rings. The van der Waals surface area contributed by atoms with Crippen LogP contribution in [0.15, 0.2) is 72.8 Å². The molecule has 0 spiro atoms. The van der Waals surface area contributed by atoms with Gasteiger partial charge in [-0.1, -0.05) is 48.0 Å². The summed E-state index contributed by atoms with van der Waals surface area (Å²) in [5, 5.41) is 3.30. The molecular formula is C23H19ClFN3O2. The number of hydrogen-bond donors (Lipinski definition) is 1. The van der Waals surface area contributed by atoms with Crippen molar-refractivity contribution in [3.05, 3.63) is 95.0 Å². The minimum atomic E-state index is -0.559. The number of halogens is 2. The molecule has 0 saturated heterocycles. The Bertz CT molecular complexity index is 1190. The molecule has 7 heteroatoms. The molecule has 1 aromatic heterocycles. The Morgan fingerprint density at radius 3 is 2.60 bits per heavy atom. The number of rotatable bonds is 7. The number of aromatic nitrogens is 2. The molecule has 4 rings (SSSR count). The lowest BCUT2D eigenvalue weighted by Crippen LogP contribution is -2.26. The molecule has 1 N–H and O–H groups in total. The van der Waals surface area contributed by atoms with E-state index in [2.05, 4.69) is 10.3 Å². The zero-order valence-corrected chi connectivity index (χ0v) is 16.8. The summed E-state index contributed by atoms with van der Waals surface area (Å²) in [5.74, 6) is 0.220. The summed E-state index contributed by atoms with van der Waals surface area (Å²) in [6.45, 7) is 1.04. The van der Waals surface area contributed by atoms with E-state index in [1.54, 1.807) is 18.2 Å². The van der Waals surface area contributed by atoms with Crippen LogP contribution in [0.4, 0.5) is 4.39 Å². The third-order valence-electron chi connectivity index (χ3n) is 4.67. The number of nitrogens with zero attached hydrogens (tertiary/aromatic N) is 2. The number of para-hydroxylation sites is 3. The first-order valence-corrected chi connectivity index (χ1v) is 9.85. The zero-order valence-electron chi connectivity index (χ0n) is 16.0. The van der Waals surface area contributed by atoms with E-state index < -0.39 is 11.7 Å². The number of ether oxygens (including phenoxy) is 1. The van der Waals surface area contributed by atoms with Crippen LogP contribution < -0.4 is 10.1 Å². The van der Waals surface area contributed by atoms with E-state index in [4.69, 9.17) is 16.3 Å². The highest BCUT2D eigenvalue weighted by molar-refractivity contribution is 6.32. The number of benzene rings is 3. The number of imidazole rings is 1. The van der Waals surface area contributed by atoms with Gasteiger partial charge in [0.05, 0.1) is 34.7 Å². The van der Waals surface area contributed by atoms with Gasteiger partial charge in [-0.3, -0.25) is 4.79 Å². The summed E-state index contributed by atoms with van der Waals surface area (Å²) in [5.41, 5.74) is 1.74. The average molecular weight is 424 g/mol. The van der Waals surface area contributed by atoms with Gasteiger partial charge >= 0.3 is 0 Å². The highest BCUT2D eigenvalue weighted by Gasteiger charge is 2.14. The van der Waals surface area contributed by atoms with Crippen molar-refractivity contribution < 1.29 is 13.9 Å². The smallest absolute Gasteiger partial charge is 0.254 e. The summed E-state index contributed by atoms with van der Waals surface area (Å²) >= 11 is 6.14. The normalized spacial score (nSPS) is 10.9. The molecule has 1 heterocycles. The fourth-order valence-corrected chi connectivity index (χ4v) is 3.41. The lowest BCUT2D eigenvalue weighted by Gasteiger charge is -2.12. The quantitative estimate of drug-likeness (QED) is 0.463. The van der Waals surface area contributed by atoms with E-state index in [-0.39, 0.29) is 12.1 Å². The molecule has 0 atom stereocenters. The van der Waals surface area contributed by atoms with Gasteiger partial charge in [0.2, 0.25) is 0 Å². The Morgan fingerprint density at radius 1 is 1.03 bits per heavy atom. The van der Waals surface area contributed by atoms with Gasteiger partial charge in [0.1, 0.15) is 24.0 Å². The van der Waals surface area contributed by atoms with E-state index >= 15 is 0 Å². The summed E-state index contributed by atoms with van der Waals surface area (Å²) in [6.07, 6.45) is 0. The van der Waals surface area contributed by atoms with Crippen molar-refractivity contribution in [2.75, 3.05) is 6.61 Å². The molecule has 3 aromatic carbocycles. The van der Waals surface area contributed by atoms with Crippen molar-refractivity contribution in [3.63, 3.8) is 0 Å². The maximum Gasteiger partial charge on any atom is 0.254 e. The van der Waals surface area contributed by atoms with Gasteiger partial charge in [-0.05, 0) is 36.4 Å². The first-order chi connectivity index (χ1) is 14.6. The van der Waals surface area contributed by atoms with Crippen molar-refractivity contribution in [2.24, 2.45) is 0 Å². The first kappa shape index (κ1) is 19.9. The second-order valence-electron chi connectivity index (χ2n) is 6.61. The van der Waals surface area contributed by atoms with E-state index in [1.807, 2.05) is 47.0 Å². The number of carbonyl (C=O) groups excluding carboxylic acids is 1. The number of amides is 1. The predicted molar refractivity (Wildman–Crippen MR) is 114 cm³/mol. The fraction of sp³-hybridized carbons (Fsp3) is 0.130. The molecule has 0 radical (unpaired) electrons. The summed E-state index contributed by atoms with van der Waals surface area (Å²) in [6, 6.07) is 20.9. The predicted octanol–water partition coefficient (Wildman–Crippen LogP) is 4.84. The average Bonchev–Trinajstić information content (AvgIpc) is 3.11. The van der Waals surface area contributed by atoms with Crippen LogP contribution in [0.5, 0.6) is 5.75 Å². The van der Waals surface area contributed by atoms with Crippen LogP contribution >= 0.6 is 11.6 Å². The van der Waals surface area contributed by atoms with Crippen LogP contribution in [0.3, 0.4) is 0 Å². The third kappa shape index (κ3) is 4.28. The molecule has 0 saturated carbocycles. The van der Waals surface area contributed by atoms with Gasteiger partial charge in [-0.15, -0.1) is 0 Å². The minimum Gasteiger partial charge on any atom is -0.490 e. The fourth-order valence-electron chi connectivity index (χ4n) is 3.22. The highest BCUT2D eigenvalue weighted by atomic mass is 35.5. The van der Waals surface area contributed by atoms with Gasteiger partial charge in [-0.25, -0.2) is 9.37 Å². The molecule has 0 aliphatic heterocycles. The van der Waals surface area contributed by atoms with Gasteiger partial charge in [0.25, 0.3) is 5.91 Å². The Kier molecular flexibility index (Phi) is 5.95. The zero-order chi connectivity index (χ0) is 20.9. The SMILES string of the molecule is O=C(NCc1nc2ccccc2n1CCOc1ccccc1Cl)c1ccccc1F. The molecule has 0 bridgehead atoms. The molecule has 4 aromatic rings. The Labute approximate surface area is 178 Å². The lowest BCUT2D eigenvalue weighted by molar-refractivity contribution is 0.0945. The Hall–Kier alpha value is -3.38. The molecular weight excluding hydrogens is 405 g/mol. The van der Waals surface area contributed by atoms with Gasteiger partial charge < -0.3 is 14.6 Å². The Balaban J connectivity index is 1.51. The number of fused-ring (bicyclic) bond motifs is 1. The molecule has 0 unspecified atom stereocenters. The lowest BCUT2D eigenvalue weighted by atomic mass is 10.2. The van der Waals surface area contributed by atoms with Gasteiger partial charge in [-0.2, -0.15) is 0 Å². The van der Waals surface area contributed by atoms with E-state index in [9.17, 15) is 9.18 Å². The van der Waals surface area contributed by atoms with Crippen LogP contribution in [0.2, 0.25) is 5.02 Å². The van der Waals surface area contributed by atoms with Gasteiger partial charge in [0.15, 0.2) is 0 Å². The standard InChI is InChI=1S/C23H19ClFN3O2/c24-17-8-2-6-12-21(17)30-14-13-28-20-11-5-4-10-19(20)27-22(28)15-26-23(29)16-7-1-3-9-18(16)25/h1-12H,13-15H2,(H,26,29). The Morgan fingerprint density at radius 2 is 1.77 bits per heavy atom. The van der Waals surface area contributed by atoms with E-state index in [0.29, 0.717) is 29.7 Å². The first-order valence-electron chi connectivity index (χ1n) is 9.47. The van der Waals surface area contributed by atoms with Crippen LogP contribution in [-0.4, -0.2) is 22.1 Å². The van der Waals surface area contributed by atoms with E-state index in [1.165, 1.54) is 12.1 Å². The van der Waals surface area contributed by atoms with Crippen molar-refractivity contribution in [3.8, 4) is 5.75 Å². The van der Waals surface area contributed by atoms with Crippen molar-refractivity contribution in [1.29, 1.82) is 0 Å². The molecule has 5 nitrogen and oxygen atoms in total. The van der Waals surface area contributed by atoms with Crippen molar-refractivity contribution >= 4 is 28.5 Å². The van der Waals surface area contributed by atoms with E-state index in [0.717, 1.165) is 11.0 Å². The second-order valence-corrected chi connectivity index (χ2v) is 7.02. The largest absolute Gasteiger partial charge is 0.490 e. The summed E-state index contributed by atoms with van der Waals surface area (Å²) in [4.78, 5) is 17.0. The summed E-state index contributed by atoms with van der Waals surface area (Å²) < 4.78 is 21.7. The summed E-state index contributed by atoms with van der Waals surface area (Å²) in [7, 11) is 0.